The average molecular weight is 280 g/mol. The zero-order valence-corrected chi connectivity index (χ0v) is 10.7. The zero-order chi connectivity index (χ0) is 14.0. The Hall–Kier alpha value is -2.34. The third-order valence-electron chi connectivity index (χ3n) is 2.50. The van der Waals surface area contributed by atoms with Gasteiger partial charge in [0.2, 0.25) is 5.88 Å². The summed E-state index contributed by atoms with van der Waals surface area (Å²) in [6, 6.07) is 5.67. The molecule has 0 aliphatic rings. The Kier molecular flexibility index (Phi) is 3.52. The molecule has 0 aliphatic carbocycles. The third kappa shape index (κ3) is 2.74. The maximum atomic E-state index is 10.6. The molecule has 6 nitrogen and oxygen atoms in total. The highest BCUT2D eigenvalue weighted by Gasteiger charge is 2.13. The lowest BCUT2D eigenvalue weighted by atomic mass is 10.2. The van der Waals surface area contributed by atoms with E-state index in [0.29, 0.717) is 5.69 Å². The van der Waals surface area contributed by atoms with Gasteiger partial charge in [-0.1, -0.05) is 11.6 Å². The predicted molar refractivity (Wildman–Crippen MR) is 71.6 cm³/mol. The summed E-state index contributed by atoms with van der Waals surface area (Å²) < 4.78 is 5.46. The van der Waals surface area contributed by atoms with Crippen LogP contribution in [-0.4, -0.2) is 9.91 Å². The lowest BCUT2D eigenvalue weighted by Gasteiger charge is -2.09. The van der Waals surface area contributed by atoms with Crippen molar-refractivity contribution in [2.75, 3.05) is 5.73 Å². The molecule has 0 saturated carbocycles. The molecule has 0 radical (unpaired) electrons. The number of pyridine rings is 1. The molecule has 98 valence electrons. The summed E-state index contributed by atoms with van der Waals surface area (Å²) in [6.07, 6.45) is 1.56. The number of aryl methyl sites for hydroxylation is 1. The highest BCUT2D eigenvalue weighted by atomic mass is 35.5. The fourth-order valence-electron chi connectivity index (χ4n) is 1.42. The van der Waals surface area contributed by atoms with E-state index < -0.39 is 4.92 Å². The second-order valence-corrected chi connectivity index (χ2v) is 4.23. The number of nitrogens with zero attached hydrogens (tertiary/aromatic N) is 2. The standard InChI is InChI=1S/C12H10ClN3O3/c1-7-4-5-15-12(11(7)14)19-10-3-2-8(16(17)18)6-9(10)13/h2-6H,14H2,1H3. The second-order valence-electron chi connectivity index (χ2n) is 3.82. The van der Waals surface area contributed by atoms with Crippen LogP contribution in [0.1, 0.15) is 5.56 Å². The van der Waals surface area contributed by atoms with Gasteiger partial charge in [-0.15, -0.1) is 0 Å². The van der Waals surface area contributed by atoms with E-state index in [1.807, 2.05) is 6.92 Å². The van der Waals surface area contributed by atoms with Crippen molar-refractivity contribution in [3.63, 3.8) is 0 Å². The zero-order valence-electron chi connectivity index (χ0n) is 9.96. The molecule has 1 heterocycles. The fraction of sp³-hybridized carbons (Fsp3) is 0.0833. The topological polar surface area (TPSA) is 91.3 Å². The number of halogens is 1. The van der Waals surface area contributed by atoms with Gasteiger partial charge in [-0.3, -0.25) is 10.1 Å². The number of benzene rings is 1. The molecule has 0 amide bonds. The van der Waals surface area contributed by atoms with Crippen molar-refractivity contribution in [1.29, 1.82) is 0 Å². The molecule has 2 rings (SSSR count). The van der Waals surface area contributed by atoms with Crippen LogP contribution in [0.2, 0.25) is 5.02 Å². The molecule has 2 N–H and O–H groups in total. The van der Waals surface area contributed by atoms with Crippen LogP contribution in [0.25, 0.3) is 0 Å². The summed E-state index contributed by atoms with van der Waals surface area (Å²) in [5, 5.41) is 10.7. The molecule has 0 saturated heterocycles. The summed E-state index contributed by atoms with van der Waals surface area (Å²) in [5.41, 5.74) is 6.93. The Bertz CT molecular complexity index is 646. The van der Waals surface area contributed by atoms with Crippen LogP contribution in [-0.2, 0) is 0 Å². The molecule has 1 aromatic heterocycles. The number of ether oxygens (including phenoxy) is 1. The maximum absolute atomic E-state index is 10.6. The smallest absolute Gasteiger partial charge is 0.271 e. The minimum Gasteiger partial charge on any atom is -0.435 e. The Morgan fingerprint density at radius 3 is 2.79 bits per heavy atom. The number of anilines is 1. The Balaban J connectivity index is 2.34. The molecule has 2 aromatic rings. The van der Waals surface area contributed by atoms with Crippen molar-refractivity contribution in [2.24, 2.45) is 0 Å². The number of non-ortho nitro benzene ring substituents is 1. The van der Waals surface area contributed by atoms with Gasteiger partial charge in [-0.05, 0) is 24.6 Å². The van der Waals surface area contributed by atoms with E-state index >= 15 is 0 Å². The van der Waals surface area contributed by atoms with E-state index in [1.165, 1.54) is 18.2 Å². The summed E-state index contributed by atoms with van der Waals surface area (Å²) in [4.78, 5) is 14.1. The molecule has 19 heavy (non-hydrogen) atoms. The normalized spacial score (nSPS) is 10.2. The number of nitro groups is 1. The van der Waals surface area contributed by atoms with Gasteiger partial charge in [0.1, 0.15) is 5.75 Å². The van der Waals surface area contributed by atoms with E-state index in [9.17, 15) is 10.1 Å². The van der Waals surface area contributed by atoms with Crippen molar-refractivity contribution >= 4 is 23.0 Å². The van der Waals surface area contributed by atoms with Crippen molar-refractivity contribution in [2.45, 2.75) is 6.92 Å². The van der Waals surface area contributed by atoms with Crippen LogP contribution in [0.5, 0.6) is 11.6 Å². The molecular weight excluding hydrogens is 270 g/mol. The summed E-state index contributed by atoms with van der Waals surface area (Å²) >= 11 is 5.92. The fourth-order valence-corrected chi connectivity index (χ4v) is 1.63. The monoisotopic (exact) mass is 279 g/mol. The van der Waals surface area contributed by atoms with Gasteiger partial charge < -0.3 is 10.5 Å². The molecule has 0 aliphatic heterocycles. The Morgan fingerprint density at radius 1 is 1.42 bits per heavy atom. The summed E-state index contributed by atoms with van der Waals surface area (Å²) in [5.74, 6) is 0.479. The lowest BCUT2D eigenvalue weighted by Crippen LogP contribution is -1.98. The number of aromatic nitrogens is 1. The molecule has 0 bridgehead atoms. The minimum absolute atomic E-state index is 0.109. The Morgan fingerprint density at radius 2 is 2.16 bits per heavy atom. The molecule has 0 atom stereocenters. The van der Waals surface area contributed by atoms with E-state index in [0.717, 1.165) is 5.56 Å². The molecule has 0 unspecified atom stereocenters. The van der Waals surface area contributed by atoms with Crippen LogP contribution < -0.4 is 10.5 Å². The van der Waals surface area contributed by atoms with Crippen molar-refractivity contribution in [3.8, 4) is 11.6 Å². The minimum atomic E-state index is -0.533. The van der Waals surface area contributed by atoms with Gasteiger partial charge in [0.05, 0.1) is 15.6 Å². The quantitative estimate of drug-likeness (QED) is 0.687. The molecular formula is C12H10ClN3O3. The third-order valence-corrected chi connectivity index (χ3v) is 2.80. The van der Waals surface area contributed by atoms with E-state index in [-0.39, 0.29) is 22.3 Å². The summed E-state index contributed by atoms with van der Waals surface area (Å²) in [7, 11) is 0. The Labute approximate surface area is 113 Å². The van der Waals surface area contributed by atoms with Gasteiger partial charge in [0.25, 0.3) is 5.69 Å². The molecule has 0 fully saturated rings. The number of nitro benzene ring substituents is 1. The highest BCUT2D eigenvalue weighted by Crippen LogP contribution is 2.34. The largest absolute Gasteiger partial charge is 0.435 e. The van der Waals surface area contributed by atoms with E-state index in [2.05, 4.69) is 4.98 Å². The van der Waals surface area contributed by atoms with Gasteiger partial charge in [0.15, 0.2) is 0 Å². The molecule has 1 aromatic carbocycles. The first-order valence-corrected chi connectivity index (χ1v) is 5.69. The van der Waals surface area contributed by atoms with Gasteiger partial charge in [-0.2, -0.15) is 0 Å². The first-order chi connectivity index (χ1) is 8.99. The number of nitrogens with two attached hydrogens (primary N) is 1. The summed E-state index contributed by atoms with van der Waals surface area (Å²) in [6.45, 7) is 1.82. The van der Waals surface area contributed by atoms with E-state index in [4.69, 9.17) is 22.1 Å². The number of hydrogen-bond donors (Lipinski definition) is 1. The predicted octanol–water partition coefficient (Wildman–Crippen LogP) is 3.33. The van der Waals surface area contributed by atoms with Crippen molar-refractivity contribution in [1.82, 2.24) is 4.98 Å². The van der Waals surface area contributed by atoms with Crippen LogP contribution in [0, 0.1) is 17.0 Å². The van der Waals surface area contributed by atoms with Crippen LogP contribution >= 0.6 is 11.6 Å². The number of hydrogen-bond acceptors (Lipinski definition) is 5. The van der Waals surface area contributed by atoms with Crippen LogP contribution in [0.3, 0.4) is 0 Å². The molecule has 7 heteroatoms. The first kappa shape index (κ1) is 13.1. The van der Waals surface area contributed by atoms with Gasteiger partial charge in [-0.25, -0.2) is 4.98 Å². The van der Waals surface area contributed by atoms with E-state index in [1.54, 1.807) is 12.3 Å². The first-order valence-electron chi connectivity index (χ1n) is 5.32. The second kappa shape index (κ2) is 5.11. The highest BCUT2D eigenvalue weighted by molar-refractivity contribution is 6.32. The van der Waals surface area contributed by atoms with Crippen LogP contribution in [0.4, 0.5) is 11.4 Å². The van der Waals surface area contributed by atoms with Crippen molar-refractivity contribution < 1.29 is 9.66 Å². The van der Waals surface area contributed by atoms with Gasteiger partial charge >= 0.3 is 0 Å². The van der Waals surface area contributed by atoms with Crippen molar-refractivity contribution in [3.05, 3.63) is 51.2 Å². The number of rotatable bonds is 3. The maximum Gasteiger partial charge on any atom is 0.271 e. The number of nitrogen functional groups attached to an aromatic ring is 1. The SMILES string of the molecule is Cc1ccnc(Oc2ccc([N+](=O)[O-])cc2Cl)c1N. The average Bonchev–Trinajstić information content (AvgIpc) is 2.37. The lowest BCUT2D eigenvalue weighted by molar-refractivity contribution is -0.384. The van der Waals surface area contributed by atoms with Gasteiger partial charge in [0, 0.05) is 18.3 Å². The molecule has 0 spiro atoms. The van der Waals surface area contributed by atoms with Crippen LogP contribution in [0.15, 0.2) is 30.5 Å².